The lowest BCUT2D eigenvalue weighted by atomic mass is 9.87. The van der Waals surface area contributed by atoms with E-state index >= 15 is 13.2 Å². The molecule has 5 aromatic rings. The number of piperazine rings is 1. The number of benzene rings is 2. The van der Waals surface area contributed by atoms with Crippen LogP contribution in [-0.2, 0) is 24.6 Å². The van der Waals surface area contributed by atoms with E-state index in [1.807, 2.05) is 9.80 Å². The summed E-state index contributed by atoms with van der Waals surface area (Å²) in [7, 11) is -2.89. The SMILES string of the molecule is CCN(C)S(=O)(=O)Nc1ccc(F)c(C(=O)c2c[nH]c3ncc(-c4cnc(N5CCN(C(=O)CC6(O)CCN(c7ccc(NC8CCC(=O)NC8=O)cc7F)CC6)CC5)nc4)cc23)c1F. The molecule has 3 fully saturated rings. The largest absolute Gasteiger partial charge is 0.389 e. The molecule has 1 atom stereocenters. The van der Waals surface area contributed by atoms with Crippen molar-refractivity contribution in [2.75, 3.05) is 72.7 Å². The Kier molecular flexibility index (Phi) is 12.5. The van der Waals surface area contributed by atoms with Gasteiger partial charge in [-0.1, -0.05) is 6.92 Å². The van der Waals surface area contributed by atoms with Crippen LogP contribution < -0.4 is 25.2 Å². The van der Waals surface area contributed by atoms with Gasteiger partial charge in [0.15, 0.2) is 5.82 Å². The van der Waals surface area contributed by atoms with Crippen LogP contribution in [0.2, 0.25) is 0 Å². The maximum atomic E-state index is 15.6. The maximum Gasteiger partial charge on any atom is 0.301 e. The molecule has 3 aliphatic rings. The second-order valence-corrected chi connectivity index (χ2v) is 18.1. The number of anilines is 4. The van der Waals surface area contributed by atoms with Crippen LogP contribution in [0.15, 0.2) is 61.2 Å². The maximum absolute atomic E-state index is 15.6. The topological polar surface area (TPSA) is 226 Å². The third-order valence-electron chi connectivity index (χ3n) is 12.1. The molecule has 22 heteroatoms. The zero-order chi connectivity index (χ0) is 46.2. The normalized spacial score (nSPS) is 18.0. The minimum absolute atomic E-state index is 0.0785. The Bertz CT molecular complexity index is 2780. The number of halogens is 3. The van der Waals surface area contributed by atoms with Crippen LogP contribution in [0.5, 0.6) is 0 Å². The third-order valence-corrected chi connectivity index (χ3v) is 13.7. The first-order valence-electron chi connectivity index (χ1n) is 21.0. The lowest BCUT2D eigenvalue weighted by molar-refractivity contribution is -0.138. The number of carbonyl (C=O) groups excluding carboxylic acids is 4. The highest BCUT2D eigenvalue weighted by molar-refractivity contribution is 7.90. The molecule has 0 radical (unpaired) electrons. The number of imide groups is 1. The van der Waals surface area contributed by atoms with E-state index < -0.39 is 62.2 Å². The van der Waals surface area contributed by atoms with E-state index in [0.29, 0.717) is 74.1 Å². The molecule has 0 spiro atoms. The molecular weight excluding hydrogens is 872 g/mol. The Hall–Kier alpha value is -6.65. The number of piperidine rings is 2. The van der Waals surface area contributed by atoms with Crippen molar-refractivity contribution in [2.24, 2.45) is 0 Å². The Balaban J connectivity index is 0.851. The highest BCUT2D eigenvalue weighted by atomic mass is 32.2. The lowest BCUT2D eigenvalue weighted by Crippen LogP contribution is -2.52. The van der Waals surface area contributed by atoms with Crippen molar-refractivity contribution in [2.45, 2.75) is 50.7 Å². The van der Waals surface area contributed by atoms with Crippen LogP contribution in [0.4, 0.5) is 36.2 Å². The van der Waals surface area contributed by atoms with E-state index in [0.717, 1.165) is 16.4 Å². The van der Waals surface area contributed by atoms with Gasteiger partial charge >= 0.3 is 10.2 Å². The average molecular weight is 918 g/mol. The number of nitrogens with one attached hydrogen (secondary N) is 4. The van der Waals surface area contributed by atoms with Gasteiger partial charge < -0.3 is 30.1 Å². The Morgan fingerprint density at radius 2 is 1.63 bits per heavy atom. The minimum Gasteiger partial charge on any atom is -0.389 e. The Morgan fingerprint density at radius 3 is 2.31 bits per heavy atom. The van der Waals surface area contributed by atoms with E-state index in [1.54, 1.807) is 42.4 Å². The smallest absolute Gasteiger partial charge is 0.301 e. The van der Waals surface area contributed by atoms with Gasteiger partial charge in [-0.3, -0.25) is 29.2 Å². The van der Waals surface area contributed by atoms with Gasteiger partial charge in [-0.2, -0.15) is 12.7 Å². The second-order valence-electron chi connectivity index (χ2n) is 16.3. The molecule has 18 nitrogen and oxygen atoms in total. The molecule has 2 aromatic carbocycles. The summed E-state index contributed by atoms with van der Waals surface area (Å²) >= 11 is 0. The number of rotatable bonds is 13. The Labute approximate surface area is 371 Å². The van der Waals surface area contributed by atoms with Gasteiger partial charge in [0.25, 0.3) is 0 Å². The summed E-state index contributed by atoms with van der Waals surface area (Å²) in [5.74, 6) is -4.64. The van der Waals surface area contributed by atoms with E-state index in [1.165, 1.54) is 25.5 Å². The number of ketones is 1. The van der Waals surface area contributed by atoms with E-state index in [4.69, 9.17) is 0 Å². The number of nitrogens with zero attached hydrogens (tertiary/aromatic N) is 7. The highest BCUT2D eigenvalue weighted by Crippen LogP contribution is 2.33. The summed E-state index contributed by atoms with van der Waals surface area (Å²) in [6.07, 6.45) is 6.88. The molecule has 6 heterocycles. The number of aromatic nitrogens is 4. The number of pyridine rings is 1. The number of amides is 3. The van der Waals surface area contributed by atoms with E-state index in [-0.39, 0.29) is 60.6 Å². The van der Waals surface area contributed by atoms with Crippen LogP contribution in [0.1, 0.15) is 54.9 Å². The molecule has 3 aliphatic heterocycles. The summed E-state index contributed by atoms with van der Waals surface area (Å²) < 4.78 is 73.9. The monoisotopic (exact) mass is 917 g/mol. The predicted octanol–water partition coefficient (Wildman–Crippen LogP) is 3.56. The van der Waals surface area contributed by atoms with Gasteiger partial charge in [0, 0.05) is 112 Å². The summed E-state index contributed by atoms with van der Waals surface area (Å²) in [5.41, 5.74) is -0.826. The molecule has 0 aliphatic carbocycles. The second kappa shape index (κ2) is 18.1. The number of aliphatic hydroxyl groups is 1. The lowest BCUT2D eigenvalue weighted by Gasteiger charge is -2.41. The molecule has 65 heavy (non-hydrogen) atoms. The van der Waals surface area contributed by atoms with Gasteiger partial charge in [0.1, 0.15) is 23.3 Å². The first kappa shape index (κ1) is 44.9. The molecule has 342 valence electrons. The molecular formula is C43H46F3N11O7S. The fraction of sp³-hybridized carbons (Fsp3) is 0.372. The van der Waals surface area contributed by atoms with Gasteiger partial charge in [0.2, 0.25) is 29.5 Å². The van der Waals surface area contributed by atoms with E-state index in [9.17, 15) is 32.7 Å². The number of hydrogen-bond acceptors (Lipinski definition) is 13. The van der Waals surface area contributed by atoms with Gasteiger partial charge in [-0.15, -0.1) is 0 Å². The number of hydrogen-bond donors (Lipinski definition) is 5. The number of aromatic amines is 1. The first-order valence-corrected chi connectivity index (χ1v) is 22.4. The van der Waals surface area contributed by atoms with Crippen LogP contribution in [-0.4, -0.2) is 131 Å². The van der Waals surface area contributed by atoms with Crippen LogP contribution in [0, 0.1) is 17.5 Å². The Morgan fingerprint density at radius 1 is 0.923 bits per heavy atom. The van der Waals surface area contributed by atoms with Gasteiger partial charge in [0.05, 0.1) is 29.0 Å². The van der Waals surface area contributed by atoms with Crippen molar-refractivity contribution < 1.29 is 45.9 Å². The van der Waals surface area contributed by atoms with Gasteiger partial charge in [-0.25, -0.2) is 28.1 Å². The third kappa shape index (κ3) is 9.45. The van der Waals surface area contributed by atoms with Crippen molar-refractivity contribution in [3.8, 4) is 11.1 Å². The first-order chi connectivity index (χ1) is 31.0. The fourth-order valence-electron chi connectivity index (χ4n) is 8.12. The van der Waals surface area contributed by atoms with Crippen LogP contribution in [0.25, 0.3) is 22.2 Å². The molecule has 3 amide bonds. The molecule has 3 saturated heterocycles. The fourth-order valence-corrected chi connectivity index (χ4v) is 9.05. The highest BCUT2D eigenvalue weighted by Gasteiger charge is 2.37. The summed E-state index contributed by atoms with van der Waals surface area (Å²) in [6, 6.07) is 7.25. The minimum atomic E-state index is -4.17. The number of H-pyrrole nitrogens is 1. The van der Waals surface area contributed by atoms with Crippen LogP contribution >= 0.6 is 0 Å². The number of carbonyl (C=O) groups is 4. The van der Waals surface area contributed by atoms with Crippen molar-refractivity contribution >= 4 is 67.8 Å². The predicted molar refractivity (Wildman–Crippen MR) is 234 cm³/mol. The summed E-state index contributed by atoms with van der Waals surface area (Å²) in [4.78, 5) is 72.3. The van der Waals surface area contributed by atoms with Gasteiger partial charge in [-0.05, 0) is 55.7 Å². The van der Waals surface area contributed by atoms with Crippen molar-refractivity contribution in [1.29, 1.82) is 0 Å². The van der Waals surface area contributed by atoms with Crippen molar-refractivity contribution in [3.63, 3.8) is 0 Å². The number of fused-ring (bicyclic) bond motifs is 1. The van der Waals surface area contributed by atoms with Crippen molar-refractivity contribution in [1.82, 2.24) is 34.5 Å². The quantitative estimate of drug-likeness (QED) is 0.0843. The summed E-state index contributed by atoms with van der Waals surface area (Å²) in [6.45, 7) is 3.91. The molecule has 5 N–H and O–H groups in total. The van der Waals surface area contributed by atoms with Crippen LogP contribution in [0.3, 0.4) is 0 Å². The molecule has 1 unspecified atom stereocenters. The van der Waals surface area contributed by atoms with Crippen molar-refractivity contribution in [3.05, 3.63) is 89.8 Å². The van der Waals surface area contributed by atoms with E-state index in [2.05, 4.69) is 35.3 Å². The summed E-state index contributed by atoms with van der Waals surface area (Å²) in [5, 5.41) is 16.9. The standard InChI is InChI=1S/C43H46F3N11O7S/c1-3-54(2)65(63,64)53-32-6-5-30(44)37(38(32)46)39(60)29-24-48-40-28(29)18-25(21-47-40)26-22-49-42(50-23-26)57-16-14-56(15-17-57)36(59)20-43(62)10-12-55(13-11-43)34-8-4-27(19-31(34)45)51-33-7-9-35(58)52-41(33)61/h4-6,8,18-19,21-24,33,51,53,62H,3,7,9-17,20H2,1-2H3,(H,47,48)(H,52,58,61). The molecule has 0 bridgehead atoms. The average Bonchev–Trinajstić information content (AvgIpc) is 3.72. The molecule has 3 aromatic heterocycles. The zero-order valence-electron chi connectivity index (χ0n) is 35.4. The zero-order valence-corrected chi connectivity index (χ0v) is 36.2. The molecule has 0 saturated carbocycles. The molecule has 8 rings (SSSR count).